The fraction of sp³-hybridized carbons (Fsp3) is 0. The number of carbonyl (C=O) groups is 1. The van der Waals surface area contributed by atoms with Gasteiger partial charge in [0.15, 0.2) is 0 Å². The van der Waals surface area contributed by atoms with Gasteiger partial charge in [-0.05, 0) is 30.3 Å². The molecule has 110 valence electrons. The van der Waals surface area contributed by atoms with Crippen LogP contribution in [0.25, 0.3) is 0 Å². The topological polar surface area (TPSA) is 140 Å². The zero-order valence-electron chi connectivity index (χ0n) is 10.8. The Hall–Kier alpha value is -2.49. The predicted molar refractivity (Wildman–Crippen MR) is 77.8 cm³/mol. The lowest BCUT2D eigenvalue weighted by molar-refractivity contribution is 0.102. The number of nitrogen functional groups attached to an aromatic ring is 1. The van der Waals surface area contributed by atoms with Gasteiger partial charge in [0, 0.05) is 18.1 Å². The largest absolute Gasteiger partial charge is 0.323 e. The minimum absolute atomic E-state index is 0.0359. The molecule has 1 aromatic heterocycles. The van der Waals surface area contributed by atoms with Crippen LogP contribution in [0, 0.1) is 0 Å². The third kappa shape index (κ3) is 3.54. The first-order valence-corrected chi connectivity index (χ1v) is 7.31. The van der Waals surface area contributed by atoms with E-state index in [0.717, 1.165) is 0 Å². The van der Waals surface area contributed by atoms with Gasteiger partial charge < -0.3 is 10.7 Å². The van der Waals surface area contributed by atoms with Gasteiger partial charge in [-0.25, -0.2) is 13.6 Å². The van der Waals surface area contributed by atoms with Gasteiger partial charge in [-0.1, -0.05) is 0 Å². The van der Waals surface area contributed by atoms with Crippen LogP contribution in [0.3, 0.4) is 0 Å². The third-order valence-electron chi connectivity index (χ3n) is 2.66. The van der Waals surface area contributed by atoms with E-state index < -0.39 is 15.9 Å². The average Bonchev–Trinajstić information content (AvgIpc) is 2.46. The molecule has 9 heteroatoms. The van der Waals surface area contributed by atoms with Crippen molar-refractivity contribution in [3.05, 3.63) is 48.3 Å². The molecule has 0 aliphatic rings. The van der Waals surface area contributed by atoms with Crippen LogP contribution in [0.4, 0.5) is 11.4 Å². The average molecular weight is 307 g/mol. The molecule has 0 saturated carbocycles. The summed E-state index contributed by atoms with van der Waals surface area (Å²) < 4.78 is 22.3. The summed E-state index contributed by atoms with van der Waals surface area (Å²) in [7, 11) is -3.76. The molecule has 21 heavy (non-hydrogen) atoms. The predicted octanol–water partition coefficient (Wildman–Crippen LogP) is 0.267. The number of benzene rings is 1. The van der Waals surface area contributed by atoms with Crippen molar-refractivity contribution in [3.8, 4) is 0 Å². The highest BCUT2D eigenvalue weighted by Crippen LogP contribution is 2.16. The molecule has 6 N–H and O–H groups in total. The number of amides is 1. The zero-order valence-corrected chi connectivity index (χ0v) is 11.6. The van der Waals surface area contributed by atoms with Crippen molar-refractivity contribution >= 4 is 27.3 Å². The number of hydrazine groups is 1. The van der Waals surface area contributed by atoms with Crippen molar-refractivity contribution in [1.82, 2.24) is 4.98 Å². The van der Waals surface area contributed by atoms with E-state index in [1.165, 1.54) is 36.7 Å². The number of hydrogen-bond donors (Lipinski definition) is 4. The van der Waals surface area contributed by atoms with Crippen LogP contribution >= 0.6 is 0 Å². The minimum atomic E-state index is -3.76. The first kappa shape index (κ1) is 14.9. The van der Waals surface area contributed by atoms with Gasteiger partial charge in [-0.3, -0.25) is 15.6 Å². The highest BCUT2D eigenvalue weighted by atomic mass is 32.2. The smallest absolute Gasteiger partial charge is 0.259 e. The van der Waals surface area contributed by atoms with Gasteiger partial charge in [-0.2, -0.15) is 0 Å². The Morgan fingerprint density at radius 3 is 2.38 bits per heavy atom. The molecule has 0 fully saturated rings. The number of carbonyl (C=O) groups excluding carboxylic acids is 1. The van der Waals surface area contributed by atoms with Crippen LogP contribution < -0.4 is 21.7 Å². The summed E-state index contributed by atoms with van der Waals surface area (Å²) in [6.45, 7) is 0. The minimum Gasteiger partial charge on any atom is -0.323 e. The van der Waals surface area contributed by atoms with E-state index >= 15 is 0 Å². The number of anilines is 2. The van der Waals surface area contributed by atoms with Crippen molar-refractivity contribution in [2.24, 2.45) is 11.0 Å². The number of nitrogens with zero attached hydrogens (tertiary/aromatic N) is 1. The number of primary sulfonamides is 1. The quantitative estimate of drug-likeness (QED) is 0.472. The molecule has 0 bridgehead atoms. The van der Waals surface area contributed by atoms with Crippen molar-refractivity contribution in [1.29, 1.82) is 0 Å². The molecule has 0 unspecified atom stereocenters. The SMILES string of the molecule is NNc1ccncc1C(=O)Nc1ccc(S(N)(=O)=O)cc1. The Kier molecular flexibility index (Phi) is 4.17. The Morgan fingerprint density at radius 2 is 1.81 bits per heavy atom. The lowest BCUT2D eigenvalue weighted by Gasteiger charge is -2.09. The molecule has 2 aromatic rings. The summed E-state index contributed by atoms with van der Waals surface area (Å²) in [6, 6.07) is 7.03. The molecule has 0 spiro atoms. The molecule has 1 aromatic carbocycles. The fourth-order valence-electron chi connectivity index (χ4n) is 1.63. The Labute approximate surface area is 121 Å². The van der Waals surface area contributed by atoms with E-state index in [0.29, 0.717) is 11.4 Å². The fourth-order valence-corrected chi connectivity index (χ4v) is 2.14. The highest BCUT2D eigenvalue weighted by molar-refractivity contribution is 7.89. The highest BCUT2D eigenvalue weighted by Gasteiger charge is 2.12. The van der Waals surface area contributed by atoms with Crippen molar-refractivity contribution in [2.75, 3.05) is 10.7 Å². The number of rotatable bonds is 4. The van der Waals surface area contributed by atoms with Gasteiger partial charge >= 0.3 is 0 Å². The number of aromatic nitrogens is 1. The standard InChI is InChI=1S/C12H13N5O3S/c13-17-11-5-6-15-7-10(11)12(18)16-8-1-3-9(4-2-8)21(14,19)20/h1-7H,13H2,(H,15,17)(H,16,18)(H2,14,19,20). The molecule has 2 rings (SSSR count). The van der Waals surface area contributed by atoms with E-state index in [9.17, 15) is 13.2 Å². The molecule has 0 aliphatic heterocycles. The maximum absolute atomic E-state index is 12.1. The van der Waals surface area contributed by atoms with Crippen molar-refractivity contribution < 1.29 is 13.2 Å². The van der Waals surface area contributed by atoms with Crippen LogP contribution in [0.15, 0.2) is 47.6 Å². The number of nitrogens with one attached hydrogen (secondary N) is 2. The molecule has 0 radical (unpaired) electrons. The van der Waals surface area contributed by atoms with Gasteiger partial charge in [0.25, 0.3) is 5.91 Å². The van der Waals surface area contributed by atoms with E-state index in [1.54, 1.807) is 6.07 Å². The van der Waals surface area contributed by atoms with Crippen LogP contribution in [0.2, 0.25) is 0 Å². The van der Waals surface area contributed by atoms with E-state index in [1.807, 2.05) is 0 Å². The second kappa shape index (κ2) is 5.87. The van der Waals surface area contributed by atoms with Gasteiger partial charge in [0.1, 0.15) is 0 Å². The maximum atomic E-state index is 12.1. The van der Waals surface area contributed by atoms with E-state index in [4.69, 9.17) is 11.0 Å². The maximum Gasteiger partial charge on any atom is 0.259 e. The summed E-state index contributed by atoms with van der Waals surface area (Å²) in [5.74, 6) is 4.88. The molecular formula is C12H13N5O3S. The molecule has 1 heterocycles. The van der Waals surface area contributed by atoms with Crippen molar-refractivity contribution in [2.45, 2.75) is 4.90 Å². The second-order valence-electron chi connectivity index (χ2n) is 4.09. The lowest BCUT2D eigenvalue weighted by Crippen LogP contribution is -2.17. The number of sulfonamides is 1. The number of hydrogen-bond acceptors (Lipinski definition) is 6. The van der Waals surface area contributed by atoms with Gasteiger partial charge in [-0.15, -0.1) is 0 Å². The molecule has 1 amide bonds. The summed E-state index contributed by atoms with van der Waals surface area (Å²) in [5, 5.41) is 7.59. The molecule has 0 atom stereocenters. The molecule has 0 saturated heterocycles. The Balaban J connectivity index is 2.20. The lowest BCUT2D eigenvalue weighted by atomic mass is 10.2. The Bertz CT molecular complexity index is 759. The van der Waals surface area contributed by atoms with Crippen LogP contribution in [0.1, 0.15) is 10.4 Å². The Morgan fingerprint density at radius 1 is 1.14 bits per heavy atom. The summed E-state index contributed by atoms with van der Waals surface area (Å²) in [5.41, 5.74) is 3.49. The molecule has 8 nitrogen and oxygen atoms in total. The van der Waals surface area contributed by atoms with Crippen LogP contribution in [-0.4, -0.2) is 19.3 Å². The van der Waals surface area contributed by atoms with Crippen LogP contribution in [0.5, 0.6) is 0 Å². The van der Waals surface area contributed by atoms with Crippen molar-refractivity contribution in [3.63, 3.8) is 0 Å². The normalized spacial score (nSPS) is 11.0. The molecule has 0 aliphatic carbocycles. The number of pyridine rings is 1. The van der Waals surface area contributed by atoms with Gasteiger partial charge in [0.05, 0.1) is 16.1 Å². The first-order valence-electron chi connectivity index (χ1n) is 5.76. The monoisotopic (exact) mass is 307 g/mol. The number of nitrogens with two attached hydrogens (primary N) is 2. The van der Waals surface area contributed by atoms with Crippen LogP contribution in [-0.2, 0) is 10.0 Å². The third-order valence-corrected chi connectivity index (χ3v) is 3.59. The summed E-state index contributed by atoms with van der Waals surface area (Å²) >= 11 is 0. The zero-order chi connectivity index (χ0) is 15.5. The summed E-state index contributed by atoms with van der Waals surface area (Å²) in [4.78, 5) is 15.9. The molecular weight excluding hydrogens is 294 g/mol. The second-order valence-corrected chi connectivity index (χ2v) is 5.65. The van der Waals surface area contributed by atoms with E-state index in [-0.39, 0.29) is 10.5 Å². The van der Waals surface area contributed by atoms with E-state index in [2.05, 4.69) is 15.7 Å². The summed E-state index contributed by atoms with van der Waals surface area (Å²) in [6.07, 6.45) is 2.86. The van der Waals surface area contributed by atoms with Gasteiger partial charge in [0.2, 0.25) is 10.0 Å². The first-order chi connectivity index (χ1) is 9.91.